The summed E-state index contributed by atoms with van der Waals surface area (Å²) in [6, 6.07) is 3.88. The van der Waals surface area contributed by atoms with Crippen molar-refractivity contribution in [3.63, 3.8) is 0 Å². The minimum Gasteiger partial charge on any atom is -0.367 e. The first-order valence-corrected chi connectivity index (χ1v) is 10.1. The highest BCUT2D eigenvalue weighted by Gasteiger charge is 2.25. The molecule has 1 aliphatic rings. The van der Waals surface area contributed by atoms with E-state index in [9.17, 15) is 8.78 Å². The Bertz CT molecular complexity index is 798. The maximum absolute atomic E-state index is 14.0. The van der Waals surface area contributed by atoms with Gasteiger partial charge in [0.1, 0.15) is 11.6 Å². The number of aryl methyl sites for hydroxylation is 1. The van der Waals surface area contributed by atoms with Crippen molar-refractivity contribution in [2.24, 2.45) is 4.99 Å². The molecule has 1 aromatic carbocycles. The zero-order valence-electron chi connectivity index (χ0n) is 16.0. The lowest BCUT2D eigenvalue weighted by molar-refractivity contribution is 0.580. The summed E-state index contributed by atoms with van der Waals surface area (Å²) in [5, 5.41) is 9.95. The third kappa shape index (κ3) is 6.00. The lowest BCUT2D eigenvalue weighted by Gasteiger charge is -2.21. The Morgan fingerprint density at radius 3 is 2.89 bits per heavy atom. The first-order valence-electron chi connectivity index (χ1n) is 9.19. The molecule has 0 saturated carbocycles. The number of nitrogens with zero attached hydrogens (tertiary/aromatic N) is 3. The van der Waals surface area contributed by atoms with E-state index in [4.69, 9.17) is 0 Å². The average Bonchev–Trinajstić information content (AvgIpc) is 3.30. The van der Waals surface area contributed by atoms with Crippen molar-refractivity contribution in [1.29, 1.82) is 0 Å². The third-order valence-electron chi connectivity index (χ3n) is 4.58. The van der Waals surface area contributed by atoms with Crippen molar-refractivity contribution < 1.29 is 8.78 Å². The van der Waals surface area contributed by atoms with Crippen molar-refractivity contribution in [2.45, 2.75) is 32.2 Å². The van der Waals surface area contributed by atoms with Crippen molar-refractivity contribution >= 4 is 47.0 Å². The van der Waals surface area contributed by atoms with E-state index >= 15 is 0 Å². The minimum atomic E-state index is -0.555. The largest absolute Gasteiger partial charge is 0.367 e. The molecule has 0 spiro atoms. The van der Waals surface area contributed by atoms with Gasteiger partial charge in [0, 0.05) is 50.6 Å². The van der Waals surface area contributed by atoms with Gasteiger partial charge in [-0.05, 0) is 25.0 Å². The Morgan fingerprint density at radius 1 is 1.39 bits per heavy atom. The quantitative estimate of drug-likeness (QED) is 0.347. The van der Waals surface area contributed by atoms with E-state index in [0.29, 0.717) is 12.2 Å². The lowest BCUT2D eigenvalue weighted by atomic mass is 10.2. The van der Waals surface area contributed by atoms with Crippen LogP contribution in [-0.2, 0) is 12.8 Å². The van der Waals surface area contributed by atoms with Crippen LogP contribution in [0.25, 0.3) is 0 Å². The van der Waals surface area contributed by atoms with Gasteiger partial charge in [-0.1, -0.05) is 6.92 Å². The van der Waals surface area contributed by atoms with Crippen LogP contribution in [0, 0.1) is 11.6 Å². The molecule has 1 atom stereocenters. The molecule has 3 rings (SSSR count). The maximum Gasteiger partial charge on any atom is 0.191 e. The summed E-state index contributed by atoms with van der Waals surface area (Å²) in [5.41, 5.74) is 1.54. The molecule has 28 heavy (non-hydrogen) atoms. The zero-order chi connectivity index (χ0) is 19.2. The van der Waals surface area contributed by atoms with Crippen molar-refractivity contribution in [2.75, 3.05) is 31.6 Å². The summed E-state index contributed by atoms with van der Waals surface area (Å²) < 4.78 is 27.1. The van der Waals surface area contributed by atoms with E-state index in [1.807, 2.05) is 4.90 Å². The van der Waals surface area contributed by atoms with Crippen LogP contribution in [0.4, 0.5) is 14.5 Å². The number of aromatic nitrogens is 1. The lowest BCUT2D eigenvalue weighted by Crippen LogP contribution is -2.45. The van der Waals surface area contributed by atoms with Crippen molar-refractivity contribution in [1.82, 2.24) is 15.6 Å². The molecule has 2 aromatic rings. The van der Waals surface area contributed by atoms with Gasteiger partial charge in [0.2, 0.25) is 0 Å². The molecule has 154 valence electrons. The van der Waals surface area contributed by atoms with Gasteiger partial charge in [-0.2, -0.15) is 0 Å². The number of aliphatic imine (C=N–C) groups is 1. The molecule has 5 nitrogen and oxygen atoms in total. The van der Waals surface area contributed by atoms with Gasteiger partial charge in [-0.25, -0.2) is 13.8 Å². The number of hydrogen-bond donors (Lipinski definition) is 2. The standard InChI is InChI=1S/C19H25F2N5S.HI/c1-3-18-24-15(12-27-18)6-8-23-19(22-2)25-14-7-9-26(11-14)17-5-4-13(20)10-16(17)21;/h4-5,10,12,14H,3,6-9,11H2,1-2H3,(H2,22,23,25);1H. The fraction of sp³-hybridized carbons (Fsp3) is 0.474. The summed E-state index contributed by atoms with van der Waals surface area (Å²) in [7, 11) is 1.74. The third-order valence-corrected chi connectivity index (χ3v) is 5.62. The fourth-order valence-electron chi connectivity index (χ4n) is 3.16. The Labute approximate surface area is 185 Å². The summed E-state index contributed by atoms with van der Waals surface area (Å²) in [6.45, 7) is 4.22. The van der Waals surface area contributed by atoms with E-state index in [2.05, 4.69) is 32.9 Å². The van der Waals surface area contributed by atoms with E-state index < -0.39 is 11.6 Å². The molecule has 0 aliphatic carbocycles. The molecule has 0 amide bonds. The van der Waals surface area contributed by atoms with Gasteiger partial charge in [0.15, 0.2) is 5.96 Å². The van der Waals surface area contributed by atoms with Crippen molar-refractivity contribution in [3.8, 4) is 0 Å². The van der Waals surface area contributed by atoms with Gasteiger partial charge in [-0.3, -0.25) is 4.99 Å². The van der Waals surface area contributed by atoms with E-state index in [1.165, 1.54) is 12.1 Å². The number of halogens is 3. The topological polar surface area (TPSA) is 52.6 Å². The van der Waals surface area contributed by atoms with Crippen LogP contribution in [0.1, 0.15) is 24.0 Å². The summed E-state index contributed by atoms with van der Waals surface area (Å²) >= 11 is 1.70. The Kier molecular flexibility index (Phi) is 8.87. The number of anilines is 1. The molecule has 2 heterocycles. The molecular weight excluding hydrogens is 495 g/mol. The molecule has 1 aromatic heterocycles. The molecular formula is C19H26F2IN5S. The SMILES string of the molecule is CCc1nc(CCNC(=NC)NC2CCN(c3ccc(F)cc3F)C2)cs1.I. The highest BCUT2D eigenvalue weighted by molar-refractivity contribution is 14.0. The molecule has 9 heteroatoms. The van der Waals surface area contributed by atoms with Crippen LogP contribution in [0.15, 0.2) is 28.6 Å². The van der Waals surface area contributed by atoms with E-state index in [1.54, 1.807) is 18.4 Å². The molecule has 0 radical (unpaired) electrons. The average molecular weight is 521 g/mol. The first-order chi connectivity index (χ1) is 13.1. The summed E-state index contributed by atoms with van der Waals surface area (Å²) in [6.07, 6.45) is 2.67. The summed E-state index contributed by atoms with van der Waals surface area (Å²) in [4.78, 5) is 10.8. The predicted octanol–water partition coefficient (Wildman–Crippen LogP) is 3.59. The molecule has 1 aliphatic heterocycles. The number of guanidine groups is 1. The van der Waals surface area contributed by atoms with E-state index in [-0.39, 0.29) is 30.0 Å². The zero-order valence-corrected chi connectivity index (χ0v) is 19.2. The monoisotopic (exact) mass is 521 g/mol. The number of thiazole rings is 1. The number of hydrogen-bond acceptors (Lipinski definition) is 4. The van der Waals surface area contributed by atoms with Crippen LogP contribution in [0.2, 0.25) is 0 Å². The second-order valence-electron chi connectivity index (χ2n) is 6.51. The Morgan fingerprint density at radius 2 is 2.21 bits per heavy atom. The second kappa shape index (κ2) is 10.9. The molecule has 1 saturated heterocycles. The number of nitrogens with one attached hydrogen (secondary N) is 2. The highest BCUT2D eigenvalue weighted by Crippen LogP contribution is 2.24. The fourth-order valence-corrected chi connectivity index (χ4v) is 3.94. The van der Waals surface area contributed by atoms with Gasteiger partial charge in [-0.15, -0.1) is 35.3 Å². The maximum atomic E-state index is 14.0. The summed E-state index contributed by atoms with van der Waals surface area (Å²) in [5.74, 6) is -0.346. The molecule has 2 N–H and O–H groups in total. The Balaban J connectivity index is 0.00000280. The Hall–Kier alpha value is -1.49. The molecule has 0 bridgehead atoms. The van der Waals surface area contributed by atoms with Gasteiger partial charge in [0.05, 0.1) is 16.4 Å². The van der Waals surface area contributed by atoms with Crippen LogP contribution in [-0.4, -0.2) is 43.7 Å². The van der Waals surface area contributed by atoms with Gasteiger partial charge in [0.25, 0.3) is 0 Å². The van der Waals surface area contributed by atoms with E-state index in [0.717, 1.165) is 55.1 Å². The van der Waals surface area contributed by atoms with Crippen LogP contribution in [0.3, 0.4) is 0 Å². The first kappa shape index (κ1) is 22.8. The normalized spacial score (nSPS) is 16.8. The van der Waals surface area contributed by atoms with Crippen LogP contribution in [0.5, 0.6) is 0 Å². The molecule has 1 unspecified atom stereocenters. The van der Waals surface area contributed by atoms with Gasteiger partial charge < -0.3 is 15.5 Å². The second-order valence-corrected chi connectivity index (χ2v) is 7.45. The predicted molar refractivity (Wildman–Crippen MR) is 122 cm³/mol. The molecule has 1 fully saturated rings. The highest BCUT2D eigenvalue weighted by atomic mass is 127. The minimum absolute atomic E-state index is 0. The van der Waals surface area contributed by atoms with Crippen LogP contribution < -0.4 is 15.5 Å². The van der Waals surface area contributed by atoms with Crippen LogP contribution >= 0.6 is 35.3 Å². The number of benzene rings is 1. The van der Waals surface area contributed by atoms with Gasteiger partial charge >= 0.3 is 0 Å². The number of rotatable bonds is 6. The smallest absolute Gasteiger partial charge is 0.191 e. The van der Waals surface area contributed by atoms with Crippen molar-refractivity contribution in [3.05, 3.63) is 45.9 Å².